The number of nitrogens with one attached hydrogen (secondary N) is 1. The molecule has 94 valence electrons. The molecule has 4 nitrogen and oxygen atoms in total. The Morgan fingerprint density at radius 1 is 1.50 bits per heavy atom. The number of aliphatic hydroxyl groups excluding tert-OH is 1. The summed E-state index contributed by atoms with van der Waals surface area (Å²) in [6.07, 6.45) is 4.40. The number of carbonyl (C=O) groups excluding carboxylic acids is 1. The monoisotopic (exact) mass is 229 g/mol. The van der Waals surface area contributed by atoms with Crippen LogP contribution in [0.25, 0.3) is 0 Å². The Morgan fingerprint density at radius 3 is 2.81 bits per heavy atom. The summed E-state index contributed by atoms with van der Waals surface area (Å²) in [5.74, 6) is 0.101. The van der Waals surface area contributed by atoms with E-state index in [9.17, 15) is 4.79 Å². The smallest absolute Gasteiger partial charge is 0.220 e. The Morgan fingerprint density at radius 2 is 2.25 bits per heavy atom. The van der Waals surface area contributed by atoms with Gasteiger partial charge < -0.3 is 15.2 Å². The van der Waals surface area contributed by atoms with Crippen LogP contribution in [-0.2, 0) is 9.53 Å². The van der Waals surface area contributed by atoms with Crippen molar-refractivity contribution in [3.05, 3.63) is 0 Å². The average molecular weight is 229 g/mol. The molecule has 0 aliphatic heterocycles. The summed E-state index contributed by atoms with van der Waals surface area (Å²) >= 11 is 0. The van der Waals surface area contributed by atoms with Crippen molar-refractivity contribution < 1.29 is 14.6 Å². The SMILES string of the molecule is CCOCCCC(=O)NCC1(CCO)CC1. The highest BCUT2D eigenvalue weighted by Crippen LogP contribution is 2.47. The molecule has 0 spiro atoms. The number of hydrogen-bond acceptors (Lipinski definition) is 3. The van der Waals surface area contributed by atoms with Gasteiger partial charge in [-0.3, -0.25) is 4.79 Å². The van der Waals surface area contributed by atoms with E-state index in [0.29, 0.717) is 19.6 Å². The van der Waals surface area contributed by atoms with Gasteiger partial charge in [0.25, 0.3) is 0 Å². The van der Waals surface area contributed by atoms with E-state index < -0.39 is 0 Å². The summed E-state index contributed by atoms with van der Waals surface area (Å²) in [6.45, 7) is 4.26. The van der Waals surface area contributed by atoms with Gasteiger partial charge in [0.2, 0.25) is 5.91 Å². The molecule has 0 bridgehead atoms. The van der Waals surface area contributed by atoms with Gasteiger partial charge in [0.1, 0.15) is 0 Å². The van der Waals surface area contributed by atoms with Crippen molar-refractivity contribution in [2.24, 2.45) is 5.41 Å². The molecule has 1 rings (SSSR count). The number of rotatable bonds is 9. The van der Waals surface area contributed by atoms with Crippen LogP contribution in [0.2, 0.25) is 0 Å². The lowest BCUT2D eigenvalue weighted by atomic mass is 10.0. The van der Waals surface area contributed by atoms with Crippen molar-refractivity contribution in [2.75, 3.05) is 26.4 Å². The zero-order valence-electron chi connectivity index (χ0n) is 10.1. The molecule has 1 aliphatic carbocycles. The van der Waals surface area contributed by atoms with E-state index in [4.69, 9.17) is 9.84 Å². The Kier molecular flexibility index (Phi) is 5.77. The van der Waals surface area contributed by atoms with Gasteiger partial charge in [0.15, 0.2) is 0 Å². The molecule has 1 fully saturated rings. The fourth-order valence-electron chi connectivity index (χ4n) is 1.78. The molecule has 0 radical (unpaired) electrons. The quantitative estimate of drug-likeness (QED) is 0.582. The van der Waals surface area contributed by atoms with Gasteiger partial charge >= 0.3 is 0 Å². The average Bonchev–Trinajstić information content (AvgIpc) is 3.03. The highest BCUT2D eigenvalue weighted by Gasteiger charge is 2.41. The minimum Gasteiger partial charge on any atom is -0.396 e. The Labute approximate surface area is 97.4 Å². The molecule has 0 saturated heterocycles. The van der Waals surface area contributed by atoms with Crippen LogP contribution >= 0.6 is 0 Å². The Balaban J connectivity index is 2.02. The molecule has 1 aliphatic rings. The number of amides is 1. The van der Waals surface area contributed by atoms with Crippen LogP contribution in [0.4, 0.5) is 0 Å². The van der Waals surface area contributed by atoms with E-state index in [1.165, 1.54) is 0 Å². The molecule has 1 amide bonds. The third-order valence-corrected chi connectivity index (χ3v) is 3.16. The predicted octanol–water partition coefficient (Wildman–Crippen LogP) is 1.08. The summed E-state index contributed by atoms with van der Waals surface area (Å²) in [4.78, 5) is 11.5. The van der Waals surface area contributed by atoms with Gasteiger partial charge in [-0.25, -0.2) is 0 Å². The number of ether oxygens (including phenoxy) is 1. The van der Waals surface area contributed by atoms with Crippen molar-refractivity contribution in [2.45, 2.75) is 39.0 Å². The first kappa shape index (κ1) is 13.5. The highest BCUT2D eigenvalue weighted by atomic mass is 16.5. The highest BCUT2D eigenvalue weighted by molar-refractivity contribution is 5.75. The van der Waals surface area contributed by atoms with Gasteiger partial charge in [0, 0.05) is 32.8 Å². The minimum atomic E-state index is 0.101. The van der Waals surface area contributed by atoms with Crippen molar-refractivity contribution in [3.8, 4) is 0 Å². The van der Waals surface area contributed by atoms with Crippen molar-refractivity contribution >= 4 is 5.91 Å². The van der Waals surface area contributed by atoms with Gasteiger partial charge in [0.05, 0.1) is 0 Å². The summed E-state index contributed by atoms with van der Waals surface area (Å²) < 4.78 is 5.17. The van der Waals surface area contributed by atoms with Crippen molar-refractivity contribution in [3.63, 3.8) is 0 Å². The maximum atomic E-state index is 11.5. The van der Waals surface area contributed by atoms with E-state index in [-0.39, 0.29) is 17.9 Å². The first-order chi connectivity index (χ1) is 7.72. The zero-order valence-corrected chi connectivity index (χ0v) is 10.1. The second kappa shape index (κ2) is 6.86. The van der Waals surface area contributed by atoms with E-state index in [0.717, 1.165) is 32.2 Å². The van der Waals surface area contributed by atoms with Crippen LogP contribution in [0.3, 0.4) is 0 Å². The lowest BCUT2D eigenvalue weighted by molar-refractivity contribution is -0.121. The van der Waals surface area contributed by atoms with E-state index in [2.05, 4.69) is 5.32 Å². The molecule has 2 N–H and O–H groups in total. The zero-order chi connectivity index (χ0) is 11.9. The molecular weight excluding hydrogens is 206 g/mol. The van der Waals surface area contributed by atoms with Gasteiger partial charge in [-0.1, -0.05) is 0 Å². The van der Waals surface area contributed by atoms with Crippen LogP contribution in [0.1, 0.15) is 39.0 Å². The van der Waals surface area contributed by atoms with Crippen LogP contribution in [-0.4, -0.2) is 37.4 Å². The number of hydrogen-bond donors (Lipinski definition) is 2. The van der Waals surface area contributed by atoms with Gasteiger partial charge in [-0.2, -0.15) is 0 Å². The molecule has 0 unspecified atom stereocenters. The maximum absolute atomic E-state index is 11.5. The first-order valence-electron chi connectivity index (χ1n) is 6.18. The third kappa shape index (κ3) is 4.94. The van der Waals surface area contributed by atoms with E-state index >= 15 is 0 Å². The topological polar surface area (TPSA) is 58.6 Å². The van der Waals surface area contributed by atoms with Crippen LogP contribution in [0.15, 0.2) is 0 Å². The molecule has 4 heteroatoms. The fraction of sp³-hybridized carbons (Fsp3) is 0.917. The maximum Gasteiger partial charge on any atom is 0.220 e. The Bertz CT molecular complexity index is 214. The van der Waals surface area contributed by atoms with Crippen LogP contribution < -0.4 is 5.32 Å². The predicted molar refractivity (Wildman–Crippen MR) is 62.1 cm³/mol. The van der Waals surface area contributed by atoms with Crippen LogP contribution in [0, 0.1) is 5.41 Å². The molecule has 1 saturated carbocycles. The fourth-order valence-corrected chi connectivity index (χ4v) is 1.78. The summed E-state index contributed by atoms with van der Waals surface area (Å²) in [6, 6.07) is 0. The Hall–Kier alpha value is -0.610. The molecular formula is C12H23NO3. The second-order valence-electron chi connectivity index (χ2n) is 4.55. The minimum absolute atomic E-state index is 0.101. The molecule has 0 heterocycles. The van der Waals surface area contributed by atoms with Crippen molar-refractivity contribution in [1.29, 1.82) is 0 Å². The normalized spacial score (nSPS) is 17.1. The van der Waals surface area contributed by atoms with E-state index in [1.54, 1.807) is 0 Å². The molecule has 16 heavy (non-hydrogen) atoms. The lowest BCUT2D eigenvalue weighted by Gasteiger charge is -2.14. The molecule has 0 aromatic carbocycles. The summed E-state index contributed by atoms with van der Waals surface area (Å²) in [5.41, 5.74) is 0.213. The third-order valence-electron chi connectivity index (χ3n) is 3.16. The largest absolute Gasteiger partial charge is 0.396 e. The lowest BCUT2D eigenvalue weighted by Crippen LogP contribution is -2.30. The van der Waals surface area contributed by atoms with Gasteiger partial charge in [-0.15, -0.1) is 0 Å². The second-order valence-corrected chi connectivity index (χ2v) is 4.55. The number of carbonyl (C=O) groups is 1. The number of aliphatic hydroxyl groups is 1. The first-order valence-corrected chi connectivity index (χ1v) is 6.18. The summed E-state index contributed by atoms with van der Waals surface area (Å²) in [7, 11) is 0. The molecule has 0 aromatic rings. The van der Waals surface area contributed by atoms with Crippen molar-refractivity contribution in [1.82, 2.24) is 5.32 Å². The molecule has 0 aromatic heterocycles. The van der Waals surface area contributed by atoms with Gasteiger partial charge in [-0.05, 0) is 38.0 Å². The standard InChI is InChI=1S/C12H23NO3/c1-2-16-9-3-4-11(15)13-10-12(5-6-12)7-8-14/h14H,2-10H2,1H3,(H,13,15). The molecule has 0 atom stereocenters. The summed E-state index contributed by atoms with van der Waals surface area (Å²) in [5, 5.41) is 11.8. The van der Waals surface area contributed by atoms with E-state index in [1.807, 2.05) is 6.92 Å². The van der Waals surface area contributed by atoms with Crippen LogP contribution in [0.5, 0.6) is 0 Å².